The van der Waals surface area contributed by atoms with Crippen molar-refractivity contribution in [1.29, 1.82) is 0 Å². The molecule has 0 aliphatic carbocycles. The van der Waals surface area contributed by atoms with E-state index in [4.69, 9.17) is 5.73 Å². The fourth-order valence-corrected chi connectivity index (χ4v) is 3.20. The smallest absolute Gasteiger partial charge is 0.252 e. The third kappa shape index (κ3) is 3.31. The quantitative estimate of drug-likeness (QED) is 0.864. The highest BCUT2D eigenvalue weighted by atomic mass is 32.1. The van der Waals surface area contributed by atoms with Crippen molar-refractivity contribution in [2.75, 3.05) is 44.2 Å². The first-order valence-corrected chi connectivity index (χ1v) is 7.97. The van der Waals surface area contributed by atoms with Crippen LogP contribution < -0.4 is 16.2 Å². The number of aromatic nitrogens is 2. The zero-order valence-electron chi connectivity index (χ0n) is 11.8. The van der Waals surface area contributed by atoms with Crippen molar-refractivity contribution in [1.82, 2.24) is 14.9 Å². The normalized spacial score (nSPS) is 16.3. The summed E-state index contributed by atoms with van der Waals surface area (Å²) < 4.78 is 0. The molecule has 6 nitrogen and oxygen atoms in total. The molecule has 1 fully saturated rings. The molecule has 1 aliphatic heterocycles. The van der Waals surface area contributed by atoms with Gasteiger partial charge in [-0.15, -0.1) is 11.3 Å². The Balaban J connectivity index is 1.79. The molecule has 0 spiro atoms. The van der Waals surface area contributed by atoms with Gasteiger partial charge in [-0.05, 0) is 11.4 Å². The lowest BCUT2D eigenvalue weighted by atomic mass is 10.3. The maximum Gasteiger partial charge on any atom is 0.252 e. The molecule has 112 valence electrons. The SMILES string of the molecule is NCCN1CCN(c2nc(-c3cccs3)cc(=O)[nH]2)CC1. The highest BCUT2D eigenvalue weighted by Crippen LogP contribution is 2.22. The molecule has 3 heterocycles. The van der Waals surface area contributed by atoms with E-state index in [1.54, 1.807) is 17.4 Å². The fourth-order valence-electron chi connectivity index (χ4n) is 2.51. The van der Waals surface area contributed by atoms with Crippen LogP contribution in [-0.2, 0) is 0 Å². The Kier molecular flexibility index (Phi) is 4.33. The molecule has 2 aromatic rings. The summed E-state index contributed by atoms with van der Waals surface area (Å²) in [7, 11) is 0. The first-order chi connectivity index (χ1) is 10.3. The molecule has 0 amide bonds. The minimum atomic E-state index is -0.104. The van der Waals surface area contributed by atoms with Gasteiger partial charge in [0.1, 0.15) is 0 Å². The summed E-state index contributed by atoms with van der Waals surface area (Å²) in [5.74, 6) is 0.665. The second kappa shape index (κ2) is 6.38. The summed E-state index contributed by atoms with van der Waals surface area (Å²) in [6.45, 7) is 5.22. The maximum atomic E-state index is 11.9. The van der Waals surface area contributed by atoms with Crippen molar-refractivity contribution in [3.63, 3.8) is 0 Å². The van der Waals surface area contributed by atoms with Crippen LogP contribution in [0.5, 0.6) is 0 Å². The fraction of sp³-hybridized carbons (Fsp3) is 0.429. The minimum Gasteiger partial charge on any atom is -0.340 e. The zero-order chi connectivity index (χ0) is 14.7. The highest BCUT2D eigenvalue weighted by molar-refractivity contribution is 7.13. The first-order valence-electron chi connectivity index (χ1n) is 7.09. The van der Waals surface area contributed by atoms with Crippen LogP contribution >= 0.6 is 11.3 Å². The van der Waals surface area contributed by atoms with Crippen LogP contribution in [0.4, 0.5) is 5.95 Å². The molecule has 0 aromatic carbocycles. The van der Waals surface area contributed by atoms with Crippen LogP contribution in [0.3, 0.4) is 0 Å². The minimum absolute atomic E-state index is 0.104. The number of piperazine rings is 1. The molecule has 1 aliphatic rings. The third-order valence-corrected chi connectivity index (χ3v) is 4.51. The second-order valence-electron chi connectivity index (χ2n) is 5.05. The summed E-state index contributed by atoms with van der Waals surface area (Å²) >= 11 is 1.59. The topological polar surface area (TPSA) is 78.2 Å². The van der Waals surface area contributed by atoms with Crippen LogP contribution in [-0.4, -0.2) is 54.1 Å². The Labute approximate surface area is 127 Å². The monoisotopic (exact) mass is 305 g/mol. The number of hydrogen-bond acceptors (Lipinski definition) is 6. The maximum absolute atomic E-state index is 11.9. The Bertz CT molecular complexity index is 631. The molecule has 1 saturated heterocycles. The molecule has 7 heteroatoms. The predicted octanol–water partition coefficient (Wildman–Crippen LogP) is 0.579. The number of aromatic amines is 1. The Morgan fingerprint density at radius 2 is 2.14 bits per heavy atom. The standard InChI is InChI=1S/C14H19N5OS/c15-3-4-18-5-7-19(8-6-18)14-16-11(10-13(20)17-14)12-2-1-9-21-12/h1-2,9-10H,3-8,15H2,(H,16,17,20). The molecule has 2 aromatic heterocycles. The van der Waals surface area contributed by atoms with Gasteiger partial charge in [0.2, 0.25) is 5.95 Å². The third-order valence-electron chi connectivity index (χ3n) is 3.62. The van der Waals surface area contributed by atoms with Crippen molar-refractivity contribution in [2.45, 2.75) is 0 Å². The summed E-state index contributed by atoms with van der Waals surface area (Å²) in [5, 5.41) is 1.99. The average molecular weight is 305 g/mol. The Hall–Kier alpha value is -1.70. The lowest BCUT2D eigenvalue weighted by molar-refractivity contribution is 0.263. The van der Waals surface area contributed by atoms with Gasteiger partial charge in [0, 0.05) is 45.3 Å². The zero-order valence-corrected chi connectivity index (χ0v) is 12.6. The van der Waals surface area contributed by atoms with Crippen LogP contribution in [0, 0.1) is 0 Å². The Morgan fingerprint density at radius 1 is 1.33 bits per heavy atom. The lowest BCUT2D eigenvalue weighted by Gasteiger charge is -2.34. The molecular formula is C14H19N5OS. The molecule has 0 atom stereocenters. The van der Waals surface area contributed by atoms with Gasteiger partial charge in [0.25, 0.3) is 5.56 Å². The summed E-state index contributed by atoms with van der Waals surface area (Å²) in [5.41, 5.74) is 6.22. The lowest BCUT2D eigenvalue weighted by Crippen LogP contribution is -2.48. The number of anilines is 1. The van der Waals surface area contributed by atoms with Gasteiger partial charge < -0.3 is 10.6 Å². The largest absolute Gasteiger partial charge is 0.340 e. The van der Waals surface area contributed by atoms with E-state index in [-0.39, 0.29) is 5.56 Å². The van der Waals surface area contributed by atoms with Gasteiger partial charge in [-0.1, -0.05) is 6.07 Å². The first kappa shape index (κ1) is 14.2. The van der Waals surface area contributed by atoms with E-state index in [0.717, 1.165) is 43.3 Å². The molecular weight excluding hydrogens is 286 g/mol. The van der Waals surface area contributed by atoms with Gasteiger partial charge >= 0.3 is 0 Å². The van der Waals surface area contributed by atoms with Gasteiger partial charge in [0.05, 0.1) is 10.6 Å². The van der Waals surface area contributed by atoms with Crippen molar-refractivity contribution >= 4 is 17.3 Å². The van der Waals surface area contributed by atoms with Crippen molar-refractivity contribution in [3.8, 4) is 10.6 Å². The number of nitrogens with two attached hydrogens (primary N) is 1. The van der Waals surface area contributed by atoms with Crippen molar-refractivity contribution in [3.05, 3.63) is 33.9 Å². The summed E-state index contributed by atoms with van der Waals surface area (Å²) in [4.78, 5) is 24.8. The molecule has 0 unspecified atom stereocenters. The average Bonchev–Trinajstić information content (AvgIpc) is 3.02. The number of thiophene rings is 1. The molecule has 21 heavy (non-hydrogen) atoms. The van der Waals surface area contributed by atoms with E-state index < -0.39 is 0 Å². The molecule has 0 bridgehead atoms. The number of nitrogens with one attached hydrogen (secondary N) is 1. The number of nitrogens with zero attached hydrogens (tertiary/aromatic N) is 3. The summed E-state index contributed by atoms with van der Waals surface area (Å²) in [6.07, 6.45) is 0. The van der Waals surface area contributed by atoms with Crippen molar-refractivity contribution in [2.24, 2.45) is 5.73 Å². The Morgan fingerprint density at radius 3 is 2.81 bits per heavy atom. The number of rotatable bonds is 4. The number of hydrogen-bond donors (Lipinski definition) is 2. The second-order valence-corrected chi connectivity index (χ2v) is 6.00. The van der Waals surface area contributed by atoms with E-state index in [9.17, 15) is 4.79 Å². The van der Waals surface area contributed by atoms with Gasteiger partial charge in [0.15, 0.2) is 0 Å². The van der Waals surface area contributed by atoms with E-state index in [1.165, 1.54) is 0 Å². The van der Waals surface area contributed by atoms with Crippen LogP contribution in [0.1, 0.15) is 0 Å². The van der Waals surface area contributed by atoms with Gasteiger partial charge in [-0.2, -0.15) is 0 Å². The van der Waals surface area contributed by atoms with E-state index in [0.29, 0.717) is 12.5 Å². The molecule has 0 radical (unpaired) electrons. The number of H-pyrrole nitrogens is 1. The van der Waals surface area contributed by atoms with E-state index >= 15 is 0 Å². The van der Waals surface area contributed by atoms with Crippen LogP contribution in [0.25, 0.3) is 10.6 Å². The van der Waals surface area contributed by atoms with Crippen LogP contribution in [0.15, 0.2) is 28.4 Å². The molecule has 0 saturated carbocycles. The van der Waals surface area contributed by atoms with Crippen molar-refractivity contribution < 1.29 is 0 Å². The van der Waals surface area contributed by atoms with Gasteiger partial charge in [-0.3, -0.25) is 14.7 Å². The van der Waals surface area contributed by atoms with E-state index in [2.05, 4.69) is 19.8 Å². The molecule has 3 rings (SSSR count). The van der Waals surface area contributed by atoms with E-state index in [1.807, 2.05) is 17.5 Å². The molecule has 3 N–H and O–H groups in total. The summed E-state index contributed by atoms with van der Waals surface area (Å²) in [6, 6.07) is 5.50. The highest BCUT2D eigenvalue weighted by Gasteiger charge is 2.18. The van der Waals surface area contributed by atoms with Crippen LogP contribution in [0.2, 0.25) is 0 Å². The predicted molar refractivity (Wildman–Crippen MR) is 85.9 cm³/mol. The van der Waals surface area contributed by atoms with Gasteiger partial charge in [-0.25, -0.2) is 4.98 Å².